The largest absolute Gasteiger partial charge is 0.344 e. The van der Waals surface area contributed by atoms with Gasteiger partial charge in [0.1, 0.15) is 5.69 Å². The molecule has 0 atom stereocenters. The molecule has 5 rings (SSSR count). The molecule has 8 heteroatoms. The van der Waals surface area contributed by atoms with Gasteiger partial charge in [0.25, 0.3) is 17.7 Å². The molecule has 30 heavy (non-hydrogen) atoms. The second kappa shape index (κ2) is 7.22. The minimum absolute atomic E-state index is 0.106. The number of benzene rings is 1. The first kappa shape index (κ1) is 18.2. The molecule has 2 aliphatic heterocycles. The van der Waals surface area contributed by atoms with E-state index < -0.39 is 0 Å². The standard InChI is InChI=1S/C22H19N5O3/c28-20-11-16(21(29)25-20)17-13-27(19-4-2-1-3-15(17)19)14-5-9-26(10-6-14)22(30)18-12-23-7-8-24-18/h1-4,7-8,11-14H,5-6,9-10H2,(H,25,28,29). The number of fused-ring (bicyclic) bond motifs is 1. The fourth-order valence-electron chi connectivity index (χ4n) is 4.25. The molecule has 1 saturated heterocycles. The van der Waals surface area contributed by atoms with E-state index in [0.717, 1.165) is 29.3 Å². The first-order valence-electron chi connectivity index (χ1n) is 9.84. The van der Waals surface area contributed by atoms with Gasteiger partial charge in [-0.1, -0.05) is 18.2 Å². The lowest BCUT2D eigenvalue weighted by atomic mass is 10.0. The predicted molar refractivity (Wildman–Crippen MR) is 109 cm³/mol. The number of para-hydroxylation sites is 1. The molecule has 8 nitrogen and oxygen atoms in total. The molecule has 1 N–H and O–H groups in total. The van der Waals surface area contributed by atoms with E-state index in [1.807, 2.05) is 30.5 Å². The molecule has 2 aliphatic rings. The first-order valence-corrected chi connectivity index (χ1v) is 9.84. The topological polar surface area (TPSA) is 97.2 Å². The van der Waals surface area contributed by atoms with Gasteiger partial charge in [-0.3, -0.25) is 24.7 Å². The number of imide groups is 1. The Morgan fingerprint density at radius 1 is 1.10 bits per heavy atom. The molecule has 150 valence electrons. The van der Waals surface area contributed by atoms with Crippen molar-refractivity contribution >= 4 is 34.2 Å². The van der Waals surface area contributed by atoms with Crippen LogP contribution >= 0.6 is 0 Å². The lowest BCUT2D eigenvalue weighted by Gasteiger charge is -2.33. The fraction of sp³-hybridized carbons (Fsp3) is 0.227. The van der Waals surface area contributed by atoms with E-state index >= 15 is 0 Å². The summed E-state index contributed by atoms with van der Waals surface area (Å²) in [4.78, 5) is 46.4. The van der Waals surface area contributed by atoms with Crippen molar-refractivity contribution in [2.45, 2.75) is 18.9 Å². The van der Waals surface area contributed by atoms with Gasteiger partial charge in [-0.15, -0.1) is 0 Å². The van der Waals surface area contributed by atoms with Crippen LogP contribution in [0.5, 0.6) is 0 Å². The number of piperidine rings is 1. The summed E-state index contributed by atoms with van der Waals surface area (Å²) >= 11 is 0. The Bertz CT molecular complexity index is 1190. The lowest BCUT2D eigenvalue weighted by molar-refractivity contribution is -0.123. The van der Waals surface area contributed by atoms with E-state index in [1.54, 1.807) is 11.1 Å². The van der Waals surface area contributed by atoms with Crippen molar-refractivity contribution in [2.75, 3.05) is 13.1 Å². The molecule has 0 saturated carbocycles. The maximum atomic E-state index is 12.6. The Hall–Kier alpha value is -3.81. The first-order chi connectivity index (χ1) is 14.6. The zero-order chi connectivity index (χ0) is 20.7. The quantitative estimate of drug-likeness (QED) is 0.677. The molecule has 1 aromatic carbocycles. The minimum atomic E-state index is -0.386. The number of hydrogen-bond acceptors (Lipinski definition) is 5. The van der Waals surface area contributed by atoms with Crippen LogP contribution in [0.3, 0.4) is 0 Å². The van der Waals surface area contributed by atoms with Crippen LogP contribution in [0, 0.1) is 0 Å². The van der Waals surface area contributed by atoms with Gasteiger partial charge in [-0.2, -0.15) is 0 Å². The van der Waals surface area contributed by atoms with Crippen LogP contribution in [0.4, 0.5) is 0 Å². The van der Waals surface area contributed by atoms with E-state index in [4.69, 9.17) is 0 Å². The van der Waals surface area contributed by atoms with Gasteiger partial charge < -0.3 is 9.47 Å². The molecule has 0 radical (unpaired) electrons. The molecule has 1 fully saturated rings. The van der Waals surface area contributed by atoms with E-state index in [0.29, 0.717) is 24.4 Å². The molecule has 3 aromatic rings. The summed E-state index contributed by atoms with van der Waals surface area (Å²) in [6, 6.07) is 8.06. The maximum Gasteiger partial charge on any atom is 0.274 e. The smallest absolute Gasteiger partial charge is 0.274 e. The van der Waals surface area contributed by atoms with Gasteiger partial charge >= 0.3 is 0 Å². The Labute approximate surface area is 172 Å². The summed E-state index contributed by atoms with van der Waals surface area (Å²) in [5, 5.41) is 3.25. The van der Waals surface area contributed by atoms with Gasteiger partial charge in [-0.25, -0.2) is 4.98 Å². The highest BCUT2D eigenvalue weighted by Crippen LogP contribution is 2.34. The third-order valence-electron chi connectivity index (χ3n) is 5.71. The number of hydrogen-bond donors (Lipinski definition) is 1. The van der Waals surface area contributed by atoms with Crippen molar-refractivity contribution in [1.29, 1.82) is 0 Å². The molecule has 0 unspecified atom stereocenters. The van der Waals surface area contributed by atoms with Crippen molar-refractivity contribution in [3.05, 3.63) is 66.4 Å². The molecular formula is C22H19N5O3. The highest BCUT2D eigenvalue weighted by atomic mass is 16.2. The number of amides is 3. The molecule has 0 aliphatic carbocycles. The molecule has 4 heterocycles. The Morgan fingerprint density at radius 2 is 1.90 bits per heavy atom. The number of nitrogens with one attached hydrogen (secondary N) is 1. The molecule has 2 aromatic heterocycles. The van der Waals surface area contributed by atoms with Crippen LogP contribution < -0.4 is 5.32 Å². The van der Waals surface area contributed by atoms with Gasteiger partial charge in [0.05, 0.1) is 11.8 Å². The maximum absolute atomic E-state index is 12.6. The lowest BCUT2D eigenvalue weighted by Crippen LogP contribution is -2.39. The summed E-state index contributed by atoms with van der Waals surface area (Å²) in [6.07, 6.45) is 9.44. The van der Waals surface area contributed by atoms with Crippen LogP contribution in [-0.2, 0) is 9.59 Å². The average Bonchev–Trinajstić information content (AvgIpc) is 3.33. The predicted octanol–water partition coefficient (Wildman–Crippen LogP) is 1.95. The molecule has 0 spiro atoms. The zero-order valence-electron chi connectivity index (χ0n) is 16.1. The zero-order valence-corrected chi connectivity index (χ0v) is 16.1. The Kier molecular flexibility index (Phi) is 4.39. The van der Waals surface area contributed by atoms with Crippen LogP contribution in [0.1, 0.15) is 34.9 Å². The van der Waals surface area contributed by atoms with Crippen molar-refractivity contribution in [2.24, 2.45) is 0 Å². The summed E-state index contributed by atoms with van der Waals surface area (Å²) in [5.41, 5.74) is 2.52. The Balaban J connectivity index is 1.41. The Morgan fingerprint density at radius 3 is 2.60 bits per heavy atom. The number of carbonyl (C=O) groups excluding carboxylic acids is 3. The van der Waals surface area contributed by atoms with E-state index in [2.05, 4.69) is 19.9 Å². The molecule has 3 amide bonds. The monoisotopic (exact) mass is 401 g/mol. The summed E-state index contributed by atoms with van der Waals surface area (Å²) in [5.74, 6) is -0.860. The van der Waals surface area contributed by atoms with Crippen molar-refractivity contribution in [3.63, 3.8) is 0 Å². The van der Waals surface area contributed by atoms with Gasteiger partial charge in [-0.05, 0) is 18.9 Å². The van der Waals surface area contributed by atoms with Crippen molar-refractivity contribution in [3.8, 4) is 0 Å². The highest BCUT2D eigenvalue weighted by molar-refractivity contribution is 6.35. The van der Waals surface area contributed by atoms with Crippen LogP contribution in [0.25, 0.3) is 16.5 Å². The van der Waals surface area contributed by atoms with E-state index in [-0.39, 0.29) is 23.8 Å². The number of rotatable bonds is 3. The summed E-state index contributed by atoms with van der Waals surface area (Å²) < 4.78 is 2.17. The second-order valence-electron chi connectivity index (χ2n) is 7.46. The number of likely N-dealkylation sites (tertiary alicyclic amines) is 1. The highest BCUT2D eigenvalue weighted by Gasteiger charge is 2.29. The van der Waals surface area contributed by atoms with Crippen LogP contribution in [-0.4, -0.2) is 50.2 Å². The SMILES string of the molecule is O=C1C=C(c2cn(C3CCN(C(=O)c4cnccn4)CC3)c3ccccc23)C(=O)N1. The minimum Gasteiger partial charge on any atom is -0.344 e. The van der Waals surface area contributed by atoms with Crippen LogP contribution in [0.15, 0.2) is 55.1 Å². The van der Waals surface area contributed by atoms with E-state index in [1.165, 1.54) is 18.5 Å². The average molecular weight is 401 g/mol. The van der Waals surface area contributed by atoms with Crippen molar-refractivity contribution in [1.82, 2.24) is 24.8 Å². The normalized spacial score (nSPS) is 17.3. The number of aromatic nitrogens is 3. The molecule has 0 bridgehead atoms. The van der Waals surface area contributed by atoms with E-state index in [9.17, 15) is 14.4 Å². The van der Waals surface area contributed by atoms with Gasteiger partial charge in [0, 0.05) is 60.3 Å². The van der Waals surface area contributed by atoms with Gasteiger partial charge in [0.2, 0.25) is 0 Å². The third kappa shape index (κ3) is 3.06. The third-order valence-corrected chi connectivity index (χ3v) is 5.71. The second-order valence-corrected chi connectivity index (χ2v) is 7.46. The molecular weight excluding hydrogens is 382 g/mol. The number of carbonyl (C=O) groups is 3. The number of nitrogens with zero attached hydrogens (tertiary/aromatic N) is 4. The van der Waals surface area contributed by atoms with Crippen LogP contribution in [0.2, 0.25) is 0 Å². The van der Waals surface area contributed by atoms with Gasteiger partial charge in [0.15, 0.2) is 0 Å². The summed E-state index contributed by atoms with van der Waals surface area (Å²) in [6.45, 7) is 1.23. The summed E-state index contributed by atoms with van der Waals surface area (Å²) in [7, 11) is 0. The van der Waals surface area contributed by atoms with Crippen molar-refractivity contribution < 1.29 is 14.4 Å². The fourth-order valence-corrected chi connectivity index (χ4v) is 4.25.